The van der Waals surface area contributed by atoms with Crippen LogP contribution in [0.5, 0.6) is 0 Å². The lowest BCUT2D eigenvalue weighted by Gasteiger charge is -2.29. The first-order valence-electron chi connectivity index (χ1n) is 19.3. The first-order valence-corrected chi connectivity index (χ1v) is 19.3. The number of anilines is 6. The van der Waals surface area contributed by atoms with Crippen LogP contribution in [0.4, 0.5) is 34.1 Å². The highest BCUT2D eigenvalue weighted by atomic mass is 16.3. The molecule has 0 aliphatic rings. The molecule has 3 heteroatoms. The summed E-state index contributed by atoms with van der Waals surface area (Å²) in [7, 11) is 0. The van der Waals surface area contributed by atoms with E-state index in [0.717, 1.165) is 78.3 Å². The molecule has 9 aromatic carbocycles. The summed E-state index contributed by atoms with van der Waals surface area (Å²) < 4.78 is 6.44. The Kier molecular flexibility index (Phi) is 8.86. The standard InChI is InChI=1S/C54H38N2O/c1-4-16-39(17-5-1)40-30-34-45(35-31-40)56(46-36-32-41(33-37-46)49-26-15-27-51-50-25-11-13-29-53(50)57-54(49)51)52-28-12-10-24-48(52)42-18-14-23-47(38-42)55(43-19-6-2-7-20-43)44-21-8-3-9-22-44/h1-38H. The molecule has 10 aromatic rings. The second kappa shape index (κ2) is 14.9. The molecule has 10 rings (SSSR count). The van der Waals surface area contributed by atoms with Crippen molar-refractivity contribution in [3.63, 3.8) is 0 Å². The van der Waals surface area contributed by atoms with Crippen LogP contribution in [-0.2, 0) is 0 Å². The summed E-state index contributed by atoms with van der Waals surface area (Å²) in [5, 5.41) is 2.26. The number of rotatable bonds is 9. The highest BCUT2D eigenvalue weighted by molar-refractivity contribution is 6.09. The van der Waals surface area contributed by atoms with Gasteiger partial charge in [-0.1, -0.05) is 158 Å². The third-order valence-electron chi connectivity index (χ3n) is 10.7. The Morgan fingerprint density at radius 1 is 0.281 bits per heavy atom. The van der Waals surface area contributed by atoms with Crippen molar-refractivity contribution in [3.8, 4) is 33.4 Å². The molecule has 0 N–H and O–H groups in total. The van der Waals surface area contributed by atoms with Gasteiger partial charge in [0.2, 0.25) is 0 Å². The van der Waals surface area contributed by atoms with Gasteiger partial charge < -0.3 is 14.2 Å². The molecule has 0 aliphatic carbocycles. The lowest BCUT2D eigenvalue weighted by Crippen LogP contribution is -2.12. The van der Waals surface area contributed by atoms with Crippen LogP contribution < -0.4 is 9.80 Å². The van der Waals surface area contributed by atoms with Crippen molar-refractivity contribution in [2.24, 2.45) is 0 Å². The van der Waals surface area contributed by atoms with E-state index in [1.807, 2.05) is 12.1 Å². The monoisotopic (exact) mass is 730 g/mol. The van der Waals surface area contributed by atoms with Gasteiger partial charge in [0.15, 0.2) is 0 Å². The van der Waals surface area contributed by atoms with Gasteiger partial charge in [-0.2, -0.15) is 0 Å². The SMILES string of the molecule is c1ccc(-c2ccc(N(c3ccc(-c4cccc5c4oc4ccccc45)cc3)c3ccccc3-c3cccc(N(c4ccccc4)c4ccccc4)c3)cc2)cc1. The summed E-state index contributed by atoms with van der Waals surface area (Å²) in [4.78, 5) is 4.68. The second-order valence-corrected chi connectivity index (χ2v) is 14.1. The van der Waals surface area contributed by atoms with Gasteiger partial charge >= 0.3 is 0 Å². The van der Waals surface area contributed by atoms with Gasteiger partial charge in [0, 0.05) is 50.3 Å². The molecule has 0 saturated heterocycles. The minimum Gasteiger partial charge on any atom is -0.455 e. The molecule has 0 saturated carbocycles. The van der Waals surface area contributed by atoms with Gasteiger partial charge in [-0.25, -0.2) is 0 Å². The molecule has 0 atom stereocenters. The van der Waals surface area contributed by atoms with E-state index in [9.17, 15) is 0 Å². The van der Waals surface area contributed by atoms with E-state index in [-0.39, 0.29) is 0 Å². The van der Waals surface area contributed by atoms with Gasteiger partial charge in [0.1, 0.15) is 11.2 Å². The quantitative estimate of drug-likeness (QED) is 0.147. The van der Waals surface area contributed by atoms with E-state index < -0.39 is 0 Å². The molecule has 0 radical (unpaired) electrons. The minimum absolute atomic E-state index is 0.901. The Balaban J connectivity index is 1.09. The predicted molar refractivity (Wildman–Crippen MR) is 239 cm³/mol. The topological polar surface area (TPSA) is 19.6 Å². The van der Waals surface area contributed by atoms with E-state index in [1.54, 1.807) is 0 Å². The van der Waals surface area contributed by atoms with Crippen LogP contribution in [0.15, 0.2) is 235 Å². The number of fused-ring (bicyclic) bond motifs is 3. The normalized spacial score (nSPS) is 11.2. The molecular formula is C54H38N2O. The Labute approximate surface area is 333 Å². The Hall–Kier alpha value is -7.62. The van der Waals surface area contributed by atoms with E-state index in [2.05, 4.69) is 228 Å². The first kappa shape index (κ1) is 33.9. The molecule has 1 aromatic heterocycles. The van der Waals surface area contributed by atoms with Gasteiger partial charge in [0.25, 0.3) is 0 Å². The molecule has 57 heavy (non-hydrogen) atoms. The fourth-order valence-corrected chi connectivity index (χ4v) is 7.95. The lowest BCUT2D eigenvalue weighted by molar-refractivity contribution is 0.670. The first-order chi connectivity index (χ1) is 28.3. The molecule has 1 heterocycles. The van der Waals surface area contributed by atoms with Crippen molar-refractivity contribution in [2.75, 3.05) is 9.80 Å². The summed E-state index contributed by atoms with van der Waals surface area (Å²) in [6.07, 6.45) is 0. The molecule has 270 valence electrons. The molecule has 0 bridgehead atoms. The van der Waals surface area contributed by atoms with E-state index in [4.69, 9.17) is 4.42 Å². The van der Waals surface area contributed by atoms with Crippen LogP contribution >= 0.6 is 0 Å². The maximum Gasteiger partial charge on any atom is 0.143 e. The number of para-hydroxylation sites is 5. The zero-order chi connectivity index (χ0) is 38.0. The number of benzene rings is 9. The van der Waals surface area contributed by atoms with E-state index in [1.165, 1.54) is 11.1 Å². The molecule has 0 spiro atoms. The number of nitrogens with zero attached hydrogens (tertiary/aromatic N) is 2. The summed E-state index contributed by atoms with van der Waals surface area (Å²) in [5.74, 6) is 0. The molecule has 0 fully saturated rings. The highest BCUT2D eigenvalue weighted by Crippen LogP contribution is 2.44. The van der Waals surface area contributed by atoms with Crippen molar-refractivity contribution >= 4 is 56.1 Å². The second-order valence-electron chi connectivity index (χ2n) is 14.1. The Morgan fingerprint density at radius 3 is 1.46 bits per heavy atom. The van der Waals surface area contributed by atoms with E-state index in [0.29, 0.717) is 0 Å². The van der Waals surface area contributed by atoms with Crippen LogP contribution in [0, 0.1) is 0 Å². The zero-order valence-electron chi connectivity index (χ0n) is 31.2. The average Bonchev–Trinajstić information content (AvgIpc) is 3.68. The predicted octanol–water partition coefficient (Wildman–Crippen LogP) is 15.5. The van der Waals surface area contributed by atoms with E-state index >= 15 is 0 Å². The fourth-order valence-electron chi connectivity index (χ4n) is 7.95. The van der Waals surface area contributed by atoms with Gasteiger partial charge in [-0.15, -0.1) is 0 Å². The fraction of sp³-hybridized carbons (Fsp3) is 0. The molecular weight excluding hydrogens is 693 g/mol. The third kappa shape index (κ3) is 6.52. The zero-order valence-corrected chi connectivity index (χ0v) is 31.2. The van der Waals surface area contributed by atoms with Crippen molar-refractivity contribution in [1.29, 1.82) is 0 Å². The average molecular weight is 731 g/mol. The summed E-state index contributed by atoms with van der Waals surface area (Å²) in [5.41, 5.74) is 15.1. The van der Waals surface area contributed by atoms with Crippen LogP contribution in [0.2, 0.25) is 0 Å². The van der Waals surface area contributed by atoms with Gasteiger partial charge in [-0.05, 0) is 95.1 Å². The van der Waals surface area contributed by atoms with Crippen LogP contribution in [0.3, 0.4) is 0 Å². The lowest BCUT2D eigenvalue weighted by atomic mass is 9.99. The summed E-state index contributed by atoms with van der Waals surface area (Å²) in [6, 6.07) is 81.7. The van der Waals surface area contributed by atoms with Crippen molar-refractivity contribution in [1.82, 2.24) is 0 Å². The molecule has 0 unspecified atom stereocenters. The van der Waals surface area contributed by atoms with Gasteiger partial charge in [0.05, 0.1) is 5.69 Å². The van der Waals surface area contributed by atoms with Crippen molar-refractivity contribution < 1.29 is 4.42 Å². The summed E-state index contributed by atoms with van der Waals surface area (Å²) in [6.45, 7) is 0. The van der Waals surface area contributed by atoms with Gasteiger partial charge in [-0.3, -0.25) is 0 Å². The highest BCUT2D eigenvalue weighted by Gasteiger charge is 2.20. The molecule has 0 aliphatic heterocycles. The van der Waals surface area contributed by atoms with Crippen molar-refractivity contribution in [3.05, 3.63) is 231 Å². The summed E-state index contributed by atoms with van der Waals surface area (Å²) >= 11 is 0. The number of furan rings is 1. The molecule has 0 amide bonds. The third-order valence-corrected chi connectivity index (χ3v) is 10.7. The maximum atomic E-state index is 6.44. The molecule has 3 nitrogen and oxygen atoms in total. The van der Waals surface area contributed by atoms with Crippen LogP contribution in [-0.4, -0.2) is 0 Å². The van der Waals surface area contributed by atoms with Crippen LogP contribution in [0.1, 0.15) is 0 Å². The minimum atomic E-state index is 0.901. The Bertz CT molecular complexity index is 2900. The maximum absolute atomic E-state index is 6.44. The smallest absolute Gasteiger partial charge is 0.143 e. The van der Waals surface area contributed by atoms with Crippen LogP contribution in [0.25, 0.3) is 55.3 Å². The van der Waals surface area contributed by atoms with Crippen molar-refractivity contribution in [2.45, 2.75) is 0 Å². The number of hydrogen-bond acceptors (Lipinski definition) is 3. The largest absolute Gasteiger partial charge is 0.455 e. The Morgan fingerprint density at radius 2 is 0.754 bits per heavy atom. The number of hydrogen-bond donors (Lipinski definition) is 0.